The Kier molecular flexibility index (Phi) is 2.77. The molecule has 1 fully saturated rings. The van der Waals surface area contributed by atoms with Gasteiger partial charge in [0, 0.05) is 19.2 Å². The molecule has 0 unspecified atom stereocenters. The Bertz CT molecular complexity index is 582. The zero-order chi connectivity index (χ0) is 13.7. The van der Waals surface area contributed by atoms with Crippen LogP contribution in [0.3, 0.4) is 0 Å². The first-order valence-electron chi connectivity index (χ1n) is 5.70. The quantitative estimate of drug-likeness (QED) is 0.872. The van der Waals surface area contributed by atoms with Gasteiger partial charge in [0.05, 0.1) is 0 Å². The lowest BCUT2D eigenvalue weighted by atomic mass is 10.1. The van der Waals surface area contributed by atoms with Gasteiger partial charge in [-0.2, -0.15) is 8.42 Å². The fourth-order valence-electron chi connectivity index (χ4n) is 1.83. The number of sulfonamides is 1. The maximum absolute atomic E-state index is 11.9. The second-order valence-corrected chi connectivity index (χ2v) is 7.08. The minimum atomic E-state index is -3.85. The number of aryl methyl sites for hydroxylation is 2. The van der Waals surface area contributed by atoms with E-state index in [2.05, 4.69) is 9.71 Å². The molecule has 0 saturated heterocycles. The highest BCUT2D eigenvalue weighted by molar-refractivity contribution is 7.90. The smallest absolute Gasteiger partial charge is 0.283 e. The first-order valence-corrected chi connectivity index (χ1v) is 7.18. The Morgan fingerprint density at radius 2 is 2.11 bits per heavy atom. The van der Waals surface area contributed by atoms with Gasteiger partial charge in [-0.15, -0.1) is 0 Å². The molecule has 0 aromatic carbocycles. The van der Waals surface area contributed by atoms with Gasteiger partial charge in [0.1, 0.15) is 5.82 Å². The molecule has 1 saturated carbocycles. The summed E-state index contributed by atoms with van der Waals surface area (Å²) in [7, 11) is -2.15. The summed E-state index contributed by atoms with van der Waals surface area (Å²) in [6.07, 6.45) is 2.11. The van der Waals surface area contributed by atoms with E-state index in [1.165, 1.54) is 6.20 Å². The van der Waals surface area contributed by atoms with E-state index in [-0.39, 0.29) is 16.4 Å². The van der Waals surface area contributed by atoms with Crippen LogP contribution in [0.25, 0.3) is 0 Å². The molecule has 7 heteroatoms. The summed E-state index contributed by atoms with van der Waals surface area (Å²) in [5, 5.41) is -0.116. The molecule has 0 spiro atoms. The Morgan fingerprint density at radius 1 is 1.56 bits per heavy atom. The first-order chi connectivity index (χ1) is 8.13. The Labute approximate surface area is 106 Å². The SMILES string of the molecule is Cc1nc(S(=O)(=O)NC(=O)[C@H]2CC2(C)C)cn1C. The Morgan fingerprint density at radius 3 is 2.50 bits per heavy atom. The average molecular weight is 271 g/mol. The van der Waals surface area contributed by atoms with Crippen molar-refractivity contribution in [1.82, 2.24) is 14.3 Å². The number of imidazole rings is 1. The minimum Gasteiger partial charge on any atom is -0.337 e. The number of nitrogens with one attached hydrogen (secondary N) is 1. The summed E-state index contributed by atoms with van der Waals surface area (Å²) >= 11 is 0. The first kappa shape index (κ1) is 13.1. The standard InChI is InChI=1S/C11H17N3O3S/c1-7-12-9(6-14(7)4)18(16,17)13-10(15)8-5-11(8,2)3/h6,8H,5H2,1-4H3,(H,13,15)/t8-/m1/s1. The predicted molar refractivity (Wildman–Crippen MR) is 65.2 cm³/mol. The van der Waals surface area contributed by atoms with Crippen molar-refractivity contribution >= 4 is 15.9 Å². The number of rotatable bonds is 3. The van der Waals surface area contributed by atoms with Gasteiger partial charge >= 0.3 is 0 Å². The third-order valence-electron chi connectivity index (χ3n) is 3.43. The maximum Gasteiger partial charge on any atom is 0.283 e. The van der Waals surface area contributed by atoms with E-state index in [0.29, 0.717) is 5.82 Å². The van der Waals surface area contributed by atoms with E-state index in [9.17, 15) is 13.2 Å². The number of aromatic nitrogens is 2. The summed E-state index contributed by atoms with van der Waals surface area (Å²) in [5.74, 6) is -0.0880. The highest BCUT2D eigenvalue weighted by Crippen LogP contribution is 2.51. The molecule has 0 bridgehead atoms. The molecule has 18 heavy (non-hydrogen) atoms. The lowest BCUT2D eigenvalue weighted by Crippen LogP contribution is -2.33. The van der Waals surface area contributed by atoms with Crippen molar-refractivity contribution in [2.75, 3.05) is 0 Å². The molecule has 6 nitrogen and oxygen atoms in total. The molecule has 2 rings (SSSR count). The summed E-state index contributed by atoms with van der Waals surface area (Å²) in [4.78, 5) is 15.7. The van der Waals surface area contributed by atoms with Crippen LogP contribution < -0.4 is 4.72 Å². The van der Waals surface area contributed by atoms with Gasteiger partial charge < -0.3 is 4.57 Å². The third-order valence-corrected chi connectivity index (χ3v) is 4.64. The van der Waals surface area contributed by atoms with Gasteiger partial charge in [0.25, 0.3) is 10.0 Å². The number of carbonyl (C=O) groups is 1. The maximum atomic E-state index is 11.9. The fraction of sp³-hybridized carbons (Fsp3) is 0.636. The molecule has 0 radical (unpaired) electrons. The van der Waals surface area contributed by atoms with Crippen LogP contribution in [0.5, 0.6) is 0 Å². The average Bonchev–Trinajstić information content (AvgIpc) is 2.72. The van der Waals surface area contributed by atoms with Gasteiger partial charge in [0.2, 0.25) is 5.91 Å². The summed E-state index contributed by atoms with van der Waals surface area (Å²) in [6, 6.07) is 0. The molecule has 1 aromatic heterocycles. The molecule has 1 atom stereocenters. The van der Waals surface area contributed by atoms with Crippen molar-refractivity contribution in [3.63, 3.8) is 0 Å². The molecule has 100 valence electrons. The second kappa shape index (κ2) is 3.81. The van der Waals surface area contributed by atoms with E-state index < -0.39 is 15.9 Å². The lowest BCUT2D eigenvalue weighted by molar-refractivity contribution is -0.121. The van der Waals surface area contributed by atoms with Gasteiger partial charge in [-0.25, -0.2) is 9.71 Å². The molecule has 1 aromatic rings. The van der Waals surface area contributed by atoms with Crippen LogP contribution in [-0.4, -0.2) is 23.9 Å². The van der Waals surface area contributed by atoms with Crippen LogP contribution in [0, 0.1) is 18.3 Å². The van der Waals surface area contributed by atoms with Gasteiger partial charge in [-0.1, -0.05) is 13.8 Å². The van der Waals surface area contributed by atoms with Gasteiger partial charge in [-0.3, -0.25) is 4.79 Å². The number of carbonyl (C=O) groups excluding carboxylic acids is 1. The summed E-state index contributed by atoms with van der Waals surface area (Å²) in [5.41, 5.74) is -0.0976. The number of nitrogens with zero attached hydrogens (tertiary/aromatic N) is 2. The van der Waals surface area contributed by atoms with Crippen molar-refractivity contribution in [1.29, 1.82) is 0 Å². The van der Waals surface area contributed by atoms with Gasteiger partial charge in [0.15, 0.2) is 5.03 Å². The lowest BCUT2D eigenvalue weighted by Gasteiger charge is -2.05. The molecular weight excluding hydrogens is 254 g/mol. The Hall–Kier alpha value is -1.37. The summed E-state index contributed by atoms with van der Waals surface area (Å²) < 4.78 is 27.6. The molecule has 1 aliphatic carbocycles. The largest absolute Gasteiger partial charge is 0.337 e. The van der Waals surface area contributed by atoms with E-state index in [0.717, 1.165) is 6.42 Å². The zero-order valence-corrected chi connectivity index (χ0v) is 11.7. The number of amides is 1. The molecule has 1 amide bonds. The molecular formula is C11H17N3O3S. The molecule has 0 aliphatic heterocycles. The van der Waals surface area contributed by atoms with Crippen molar-refractivity contribution in [3.05, 3.63) is 12.0 Å². The fourth-order valence-corrected chi connectivity index (χ4v) is 2.89. The molecule has 1 N–H and O–H groups in total. The van der Waals surface area contributed by atoms with Gasteiger partial charge in [-0.05, 0) is 18.8 Å². The minimum absolute atomic E-state index is 0.0976. The van der Waals surface area contributed by atoms with Crippen molar-refractivity contribution in [2.45, 2.75) is 32.2 Å². The molecule has 1 aliphatic rings. The normalized spacial score (nSPS) is 21.7. The van der Waals surface area contributed by atoms with Crippen LogP contribution in [-0.2, 0) is 21.9 Å². The highest BCUT2D eigenvalue weighted by Gasteiger charge is 2.51. The summed E-state index contributed by atoms with van der Waals surface area (Å²) in [6.45, 7) is 5.58. The molecule has 1 heterocycles. The number of hydrogen-bond acceptors (Lipinski definition) is 4. The van der Waals surface area contributed by atoms with E-state index >= 15 is 0 Å². The van der Waals surface area contributed by atoms with Crippen molar-refractivity contribution in [2.24, 2.45) is 18.4 Å². The second-order valence-electron chi connectivity index (χ2n) is 5.45. The topological polar surface area (TPSA) is 81.1 Å². The van der Waals surface area contributed by atoms with Crippen LogP contribution >= 0.6 is 0 Å². The van der Waals surface area contributed by atoms with Crippen LogP contribution in [0.4, 0.5) is 0 Å². The van der Waals surface area contributed by atoms with E-state index in [1.54, 1.807) is 18.5 Å². The van der Waals surface area contributed by atoms with Crippen LogP contribution in [0.1, 0.15) is 26.1 Å². The van der Waals surface area contributed by atoms with E-state index in [4.69, 9.17) is 0 Å². The Balaban J connectivity index is 2.16. The number of hydrogen-bond donors (Lipinski definition) is 1. The van der Waals surface area contributed by atoms with E-state index in [1.807, 2.05) is 13.8 Å². The monoisotopic (exact) mass is 271 g/mol. The zero-order valence-electron chi connectivity index (χ0n) is 10.9. The third kappa shape index (κ3) is 2.27. The van der Waals surface area contributed by atoms with Crippen LogP contribution in [0.15, 0.2) is 11.2 Å². The van der Waals surface area contributed by atoms with Crippen molar-refractivity contribution < 1.29 is 13.2 Å². The predicted octanol–water partition coefficient (Wildman–Crippen LogP) is 0.580. The van der Waals surface area contributed by atoms with Crippen LogP contribution in [0.2, 0.25) is 0 Å². The van der Waals surface area contributed by atoms with Crippen molar-refractivity contribution in [3.8, 4) is 0 Å². The highest BCUT2D eigenvalue weighted by atomic mass is 32.2.